The predicted molar refractivity (Wildman–Crippen MR) is 88.1 cm³/mol. The largest absolute Gasteiger partial charge is 0.393 e. The molecule has 0 unspecified atom stereocenters. The van der Waals surface area contributed by atoms with Crippen LogP contribution in [0, 0.1) is 5.92 Å². The van der Waals surface area contributed by atoms with Crippen LogP contribution in [0.15, 0.2) is 24.3 Å². The number of amides is 1. The van der Waals surface area contributed by atoms with Gasteiger partial charge in [0.05, 0.1) is 22.4 Å². The molecule has 1 aromatic heterocycles. The number of rotatable bonds is 6. The van der Waals surface area contributed by atoms with Gasteiger partial charge >= 0.3 is 0 Å². The minimum Gasteiger partial charge on any atom is -0.393 e. The topological polar surface area (TPSA) is 72.9 Å². The van der Waals surface area contributed by atoms with E-state index in [0.29, 0.717) is 23.9 Å². The Morgan fingerprint density at radius 3 is 2.81 bits per heavy atom. The van der Waals surface area contributed by atoms with E-state index in [4.69, 9.17) is 18.0 Å². The van der Waals surface area contributed by atoms with Crippen LogP contribution >= 0.6 is 12.2 Å². The third-order valence-electron chi connectivity index (χ3n) is 3.08. The number of aromatic nitrogens is 2. The highest BCUT2D eigenvalue weighted by molar-refractivity contribution is 7.80. The number of thiocarbonyl (C=S) groups is 1. The fourth-order valence-electron chi connectivity index (χ4n) is 2.11. The van der Waals surface area contributed by atoms with E-state index in [-0.39, 0.29) is 12.5 Å². The van der Waals surface area contributed by atoms with Crippen molar-refractivity contribution in [3.63, 3.8) is 0 Å². The van der Waals surface area contributed by atoms with E-state index in [1.807, 2.05) is 28.8 Å². The molecule has 0 radical (unpaired) electrons. The van der Waals surface area contributed by atoms with Crippen LogP contribution in [0.25, 0.3) is 11.0 Å². The average molecular weight is 304 g/mol. The van der Waals surface area contributed by atoms with Crippen molar-refractivity contribution in [3.8, 4) is 0 Å². The summed E-state index contributed by atoms with van der Waals surface area (Å²) < 4.78 is 1.88. The monoisotopic (exact) mass is 304 g/mol. The number of nitrogens with zero attached hydrogens (tertiary/aromatic N) is 2. The number of benzene rings is 1. The Morgan fingerprint density at radius 1 is 1.43 bits per heavy atom. The summed E-state index contributed by atoms with van der Waals surface area (Å²) in [7, 11) is 0. The number of hydrogen-bond acceptors (Lipinski definition) is 3. The lowest BCUT2D eigenvalue weighted by Crippen LogP contribution is -2.31. The number of hydrogen-bond donors (Lipinski definition) is 2. The number of nitrogens with two attached hydrogens (primary N) is 1. The molecule has 0 fully saturated rings. The van der Waals surface area contributed by atoms with Crippen molar-refractivity contribution in [1.82, 2.24) is 14.9 Å². The normalized spacial score (nSPS) is 11.0. The van der Waals surface area contributed by atoms with Crippen LogP contribution in [0.2, 0.25) is 0 Å². The minimum atomic E-state index is -0.0314. The van der Waals surface area contributed by atoms with Crippen LogP contribution in [-0.4, -0.2) is 27.0 Å². The van der Waals surface area contributed by atoms with Crippen molar-refractivity contribution < 1.29 is 4.79 Å². The maximum Gasteiger partial charge on any atom is 0.240 e. The van der Waals surface area contributed by atoms with Crippen LogP contribution in [0.5, 0.6) is 0 Å². The molecule has 0 spiro atoms. The first kappa shape index (κ1) is 15.4. The summed E-state index contributed by atoms with van der Waals surface area (Å²) in [5.74, 6) is 1.11. The molecule has 0 aliphatic heterocycles. The molecule has 1 heterocycles. The van der Waals surface area contributed by atoms with Gasteiger partial charge in [-0.25, -0.2) is 4.98 Å². The van der Waals surface area contributed by atoms with Crippen LogP contribution in [-0.2, 0) is 17.8 Å². The molecular weight excluding hydrogens is 284 g/mol. The number of carbonyl (C=O) groups is 1. The summed E-state index contributed by atoms with van der Waals surface area (Å²) in [6, 6.07) is 7.71. The molecule has 112 valence electrons. The lowest BCUT2D eigenvalue weighted by Gasteiger charge is -2.11. The van der Waals surface area contributed by atoms with Crippen molar-refractivity contribution in [2.24, 2.45) is 11.7 Å². The van der Waals surface area contributed by atoms with Crippen LogP contribution in [0.4, 0.5) is 0 Å². The molecule has 2 rings (SSSR count). The lowest BCUT2D eigenvalue weighted by atomic mass is 10.2. The highest BCUT2D eigenvalue weighted by atomic mass is 32.1. The second-order valence-corrected chi connectivity index (χ2v) is 5.97. The summed E-state index contributed by atoms with van der Waals surface area (Å²) >= 11 is 4.96. The second kappa shape index (κ2) is 6.67. The van der Waals surface area contributed by atoms with E-state index in [9.17, 15) is 4.79 Å². The molecule has 0 bridgehead atoms. The van der Waals surface area contributed by atoms with E-state index < -0.39 is 0 Å². The average Bonchev–Trinajstić information content (AvgIpc) is 2.74. The number of fused-ring (bicyclic) bond motifs is 1. The van der Waals surface area contributed by atoms with Crippen LogP contribution < -0.4 is 11.1 Å². The summed E-state index contributed by atoms with van der Waals surface area (Å²) in [6.07, 6.45) is 0.390. The molecule has 0 saturated heterocycles. The smallest absolute Gasteiger partial charge is 0.240 e. The molecular formula is C15H20N4OS. The van der Waals surface area contributed by atoms with E-state index in [2.05, 4.69) is 24.1 Å². The van der Waals surface area contributed by atoms with Gasteiger partial charge in [0.1, 0.15) is 12.4 Å². The first-order chi connectivity index (χ1) is 9.97. The molecule has 0 aliphatic rings. The van der Waals surface area contributed by atoms with Gasteiger partial charge in [-0.2, -0.15) is 0 Å². The van der Waals surface area contributed by atoms with E-state index >= 15 is 0 Å². The predicted octanol–water partition coefficient (Wildman–Crippen LogP) is 1.64. The molecule has 0 aliphatic carbocycles. The molecule has 21 heavy (non-hydrogen) atoms. The Balaban J connectivity index is 2.27. The van der Waals surface area contributed by atoms with E-state index in [0.717, 1.165) is 16.9 Å². The first-order valence-corrected chi connectivity index (χ1v) is 7.37. The molecule has 0 saturated carbocycles. The maximum atomic E-state index is 12.1. The molecule has 0 atom stereocenters. The molecule has 6 heteroatoms. The molecule has 1 aromatic carbocycles. The van der Waals surface area contributed by atoms with Gasteiger partial charge in [0, 0.05) is 6.54 Å². The third-order valence-corrected chi connectivity index (χ3v) is 3.22. The maximum absolute atomic E-state index is 12.1. The zero-order valence-electron chi connectivity index (χ0n) is 12.3. The van der Waals surface area contributed by atoms with Crippen molar-refractivity contribution in [2.45, 2.75) is 26.8 Å². The molecule has 3 N–H and O–H groups in total. The fraction of sp³-hybridized carbons (Fsp3) is 0.400. The number of nitrogens with one attached hydrogen (secondary N) is 1. The Kier molecular flexibility index (Phi) is 4.90. The summed E-state index contributed by atoms with van der Waals surface area (Å²) in [4.78, 5) is 17.0. The number of para-hydroxylation sites is 2. The van der Waals surface area contributed by atoms with Crippen LogP contribution in [0.1, 0.15) is 19.7 Å². The Hall–Kier alpha value is -1.95. The number of carbonyl (C=O) groups excluding carboxylic acids is 1. The highest BCUT2D eigenvalue weighted by Gasteiger charge is 2.14. The summed E-state index contributed by atoms with van der Waals surface area (Å²) in [6.45, 7) is 5.01. The number of imidazole rings is 1. The third kappa shape index (κ3) is 4.01. The van der Waals surface area contributed by atoms with Gasteiger partial charge in [-0.1, -0.05) is 38.2 Å². The van der Waals surface area contributed by atoms with Crippen molar-refractivity contribution >= 4 is 34.1 Å². The Bertz CT molecular complexity index is 663. The lowest BCUT2D eigenvalue weighted by molar-refractivity contribution is -0.121. The minimum absolute atomic E-state index is 0.0314. The van der Waals surface area contributed by atoms with Gasteiger partial charge in [-0.15, -0.1) is 0 Å². The molecule has 1 amide bonds. The van der Waals surface area contributed by atoms with Crippen molar-refractivity contribution in [3.05, 3.63) is 30.1 Å². The Morgan fingerprint density at radius 2 is 2.14 bits per heavy atom. The first-order valence-electron chi connectivity index (χ1n) is 6.96. The van der Waals surface area contributed by atoms with Crippen LogP contribution in [0.3, 0.4) is 0 Å². The molecule has 5 nitrogen and oxygen atoms in total. The highest BCUT2D eigenvalue weighted by Crippen LogP contribution is 2.16. The Labute approximate surface area is 129 Å². The van der Waals surface area contributed by atoms with Gasteiger partial charge in [-0.05, 0) is 18.1 Å². The van der Waals surface area contributed by atoms with Gasteiger partial charge < -0.3 is 15.6 Å². The van der Waals surface area contributed by atoms with Gasteiger partial charge in [-0.3, -0.25) is 4.79 Å². The summed E-state index contributed by atoms with van der Waals surface area (Å²) in [5.41, 5.74) is 7.39. The second-order valence-electron chi connectivity index (χ2n) is 5.44. The zero-order valence-corrected chi connectivity index (χ0v) is 13.1. The standard InChI is InChI=1S/C15H20N4OS/c1-10(2)8-17-15(20)9-19-12-6-4-3-5-11(12)18-14(19)7-13(16)21/h3-6,10H,7-9H2,1-2H3,(H2,16,21)(H,17,20). The summed E-state index contributed by atoms with van der Waals surface area (Å²) in [5, 5.41) is 2.91. The van der Waals surface area contributed by atoms with Gasteiger partial charge in [0.25, 0.3) is 0 Å². The van der Waals surface area contributed by atoms with Crippen molar-refractivity contribution in [2.75, 3.05) is 6.54 Å². The van der Waals surface area contributed by atoms with Crippen molar-refractivity contribution in [1.29, 1.82) is 0 Å². The van der Waals surface area contributed by atoms with E-state index in [1.54, 1.807) is 0 Å². The zero-order chi connectivity index (χ0) is 15.4. The van der Waals surface area contributed by atoms with Gasteiger partial charge in [0.15, 0.2) is 0 Å². The van der Waals surface area contributed by atoms with Gasteiger partial charge in [0.2, 0.25) is 5.91 Å². The van der Waals surface area contributed by atoms with E-state index in [1.165, 1.54) is 0 Å². The fourth-order valence-corrected chi connectivity index (χ4v) is 2.24. The molecule has 2 aromatic rings. The SMILES string of the molecule is CC(C)CNC(=O)Cn1c(CC(N)=S)nc2ccccc21. The quantitative estimate of drug-likeness (QED) is 0.796.